The highest BCUT2D eigenvalue weighted by Gasteiger charge is 2.10. The molecule has 0 radical (unpaired) electrons. The molecule has 1 rings (SSSR count). The molecule has 1 unspecified atom stereocenters. The predicted octanol–water partition coefficient (Wildman–Crippen LogP) is 1.44. The Balaban J connectivity index is 2.28. The number of aromatic nitrogens is 2. The molecule has 1 heterocycles. The molecule has 2 N–H and O–H groups in total. The first-order valence-corrected chi connectivity index (χ1v) is 5.87. The molecule has 16 heavy (non-hydrogen) atoms. The maximum absolute atomic E-state index is 11.6. The first-order chi connectivity index (χ1) is 7.63. The number of hydrogen-bond donors (Lipinski definition) is 1. The molecule has 0 aliphatic rings. The summed E-state index contributed by atoms with van der Waals surface area (Å²) in [6.45, 7) is 2.08. The van der Waals surface area contributed by atoms with Gasteiger partial charge in [0.05, 0.1) is 0 Å². The molecule has 90 valence electrons. The SMILES string of the molecule is CCCC(N)CC(=O)CCc1nccn1C. The van der Waals surface area contributed by atoms with Crippen LogP contribution in [0.25, 0.3) is 0 Å². The molecule has 0 fully saturated rings. The molecule has 0 spiro atoms. The largest absolute Gasteiger partial charge is 0.338 e. The van der Waals surface area contributed by atoms with Gasteiger partial charge in [-0.05, 0) is 6.42 Å². The van der Waals surface area contributed by atoms with Crippen molar-refractivity contribution in [1.82, 2.24) is 9.55 Å². The smallest absolute Gasteiger partial charge is 0.134 e. The molecule has 0 aliphatic carbocycles. The van der Waals surface area contributed by atoms with Crippen molar-refractivity contribution in [3.05, 3.63) is 18.2 Å². The van der Waals surface area contributed by atoms with Gasteiger partial charge in [0.1, 0.15) is 11.6 Å². The van der Waals surface area contributed by atoms with Gasteiger partial charge in [0.25, 0.3) is 0 Å². The summed E-state index contributed by atoms with van der Waals surface area (Å²) in [5.74, 6) is 1.20. The monoisotopic (exact) mass is 223 g/mol. The van der Waals surface area contributed by atoms with Gasteiger partial charge in [0.2, 0.25) is 0 Å². The first kappa shape index (κ1) is 12.9. The summed E-state index contributed by atoms with van der Waals surface area (Å²) in [6.07, 6.45) is 7.36. The Kier molecular flexibility index (Phi) is 5.19. The second kappa shape index (κ2) is 6.43. The second-order valence-electron chi connectivity index (χ2n) is 4.25. The number of ketones is 1. The topological polar surface area (TPSA) is 60.9 Å². The standard InChI is InChI=1S/C12H21N3O/c1-3-4-10(13)9-11(16)5-6-12-14-7-8-15(12)2/h7-8,10H,3-6,9,13H2,1-2H3. The highest BCUT2D eigenvalue weighted by atomic mass is 16.1. The maximum atomic E-state index is 11.6. The van der Waals surface area contributed by atoms with Gasteiger partial charge in [-0.25, -0.2) is 4.98 Å². The predicted molar refractivity (Wildman–Crippen MR) is 64.0 cm³/mol. The maximum Gasteiger partial charge on any atom is 0.134 e. The second-order valence-corrected chi connectivity index (χ2v) is 4.25. The van der Waals surface area contributed by atoms with Crippen LogP contribution in [0.5, 0.6) is 0 Å². The van der Waals surface area contributed by atoms with Crippen LogP contribution in [0.1, 0.15) is 38.4 Å². The van der Waals surface area contributed by atoms with E-state index < -0.39 is 0 Å². The zero-order valence-electron chi connectivity index (χ0n) is 10.1. The Labute approximate surface area is 96.9 Å². The van der Waals surface area contributed by atoms with Crippen molar-refractivity contribution in [2.75, 3.05) is 0 Å². The number of carbonyl (C=O) groups excluding carboxylic acids is 1. The molecular weight excluding hydrogens is 202 g/mol. The first-order valence-electron chi connectivity index (χ1n) is 5.87. The number of nitrogens with two attached hydrogens (primary N) is 1. The van der Waals surface area contributed by atoms with E-state index in [1.165, 1.54) is 0 Å². The van der Waals surface area contributed by atoms with Crippen LogP contribution in [0.3, 0.4) is 0 Å². The third-order valence-electron chi connectivity index (χ3n) is 2.70. The van der Waals surface area contributed by atoms with Crippen LogP contribution in [0.4, 0.5) is 0 Å². The van der Waals surface area contributed by atoms with Crippen LogP contribution in [-0.4, -0.2) is 21.4 Å². The zero-order chi connectivity index (χ0) is 12.0. The van der Waals surface area contributed by atoms with Gasteiger partial charge >= 0.3 is 0 Å². The summed E-state index contributed by atoms with van der Waals surface area (Å²) in [4.78, 5) is 15.8. The van der Waals surface area contributed by atoms with E-state index in [9.17, 15) is 4.79 Å². The van der Waals surface area contributed by atoms with Crippen molar-refractivity contribution < 1.29 is 4.79 Å². The summed E-state index contributed by atoms with van der Waals surface area (Å²) in [7, 11) is 1.94. The Hall–Kier alpha value is -1.16. The molecule has 4 nitrogen and oxygen atoms in total. The number of aryl methyl sites for hydroxylation is 2. The van der Waals surface area contributed by atoms with Gasteiger partial charge < -0.3 is 10.3 Å². The highest BCUT2D eigenvalue weighted by Crippen LogP contribution is 2.05. The number of Topliss-reactive ketones (excluding diaryl/α,β-unsaturated/α-hetero) is 1. The van der Waals surface area contributed by atoms with Crippen molar-refractivity contribution in [3.8, 4) is 0 Å². The van der Waals surface area contributed by atoms with E-state index in [1.807, 2.05) is 17.8 Å². The molecule has 0 saturated heterocycles. The van der Waals surface area contributed by atoms with Crippen molar-refractivity contribution in [2.45, 2.75) is 45.1 Å². The van der Waals surface area contributed by atoms with Gasteiger partial charge in [-0.1, -0.05) is 13.3 Å². The van der Waals surface area contributed by atoms with Crippen molar-refractivity contribution >= 4 is 5.78 Å². The molecule has 4 heteroatoms. The van der Waals surface area contributed by atoms with Crippen LogP contribution < -0.4 is 5.73 Å². The number of imidazole rings is 1. The number of carbonyl (C=O) groups is 1. The zero-order valence-corrected chi connectivity index (χ0v) is 10.1. The summed E-state index contributed by atoms with van der Waals surface area (Å²) in [5, 5.41) is 0. The Morgan fingerprint density at radius 2 is 2.38 bits per heavy atom. The molecule has 0 bridgehead atoms. The number of nitrogens with zero attached hydrogens (tertiary/aromatic N) is 2. The van der Waals surface area contributed by atoms with Crippen LogP contribution in [0, 0.1) is 0 Å². The van der Waals surface area contributed by atoms with Gasteiger partial charge in [0, 0.05) is 44.7 Å². The van der Waals surface area contributed by atoms with Gasteiger partial charge in [0.15, 0.2) is 0 Å². The lowest BCUT2D eigenvalue weighted by molar-refractivity contribution is -0.119. The minimum atomic E-state index is 0.0267. The van der Waals surface area contributed by atoms with E-state index in [1.54, 1.807) is 6.20 Å². The molecule has 1 aromatic heterocycles. The summed E-state index contributed by atoms with van der Waals surface area (Å²) in [6, 6.07) is 0.0267. The fourth-order valence-corrected chi connectivity index (χ4v) is 1.76. The average molecular weight is 223 g/mol. The molecule has 0 aromatic carbocycles. The molecular formula is C12H21N3O. The Morgan fingerprint density at radius 1 is 1.62 bits per heavy atom. The molecule has 0 aliphatic heterocycles. The lowest BCUT2D eigenvalue weighted by Crippen LogP contribution is -2.23. The summed E-state index contributed by atoms with van der Waals surface area (Å²) in [5.41, 5.74) is 5.82. The lowest BCUT2D eigenvalue weighted by atomic mass is 10.0. The van der Waals surface area contributed by atoms with Crippen LogP contribution >= 0.6 is 0 Å². The minimum absolute atomic E-state index is 0.0267. The van der Waals surface area contributed by atoms with Crippen molar-refractivity contribution in [3.63, 3.8) is 0 Å². The van der Waals surface area contributed by atoms with E-state index in [2.05, 4.69) is 11.9 Å². The molecule has 0 amide bonds. The molecule has 1 aromatic rings. The quantitative estimate of drug-likeness (QED) is 0.761. The normalized spacial score (nSPS) is 12.7. The lowest BCUT2D eigenvalue weighted by Gasteiger charge is -2.08. The Bertz CT molecular complexity index is 333. The van der Waals surface area contributed by atoms with Crippen LogP contribution in [-0.2, 0) is 18.3 Å². The van der Waals surface area contributed by atoms with E-state index in [-0.39, 0.29) is 11.8 Å². The highest BCUT2D eigenvalue weighted by molar-refractivity contribution is 5.79. The summed E-state index contributed by atoms with van der Waals surface area (Å²) >= 11 is 0. The van der Waals surface area contributed by atoms with Gasteiger partial charge in [-0.3, -0.25) is 4.79 Å². The third-order valence-corrected chi connectivity index (χ3v) is 2.70. The number of hydrogen-bond acceptors (Lipinski definition) is 3. The average Bonchev–Trinajstić information content (AvgIpc) is 2.61. The molecule has 0 saturated carbocycles. The minimum Gasteiger partial charge on any atom is -0.338 e. The third kappa shape index (κ3) is 4.14. The van der Waals surface area contributed by atoms with Crippen LogP contribution in [0.15, 0.2) is 12.4 Å². The molecule has 1 atom stereocenters. The van der Waals surface area contributed by atoms with Gasteiger partial charge in [-0.15, -0.1) is 0 Å². The van der Waals surface area contributed by atoms with Crippen LogP contribution in [0.2, 0.25) is 0 Å². The number of rotatable bonds is 7. The Morgan fingerprint density at radius 3 is 2.94 bits per heavy atom. The van der Waals surface area contributed by atoms with E-state index in [0.717, 1.165) is 18.7 Å². The van der Waals surface area contributed by atoms with E-state index in [4.69, 9.17) is 5.73 Å². The summed E-state index contributed by atoms with van der Waals surface area (Å²) < 4.78 is 1.94. The van der Waals surface area contributed by atoms with Gasteiger partial charge in [-0.2, -0.15) is 0 Å². The van der Waals surface area contributed by atoms with E-state index >= 15 is 0 Å². The van der Waals surface area contributed by atoms with Crippen molar-refractivity contribution in [1.29, 1.82) is 0 Å². The van der Waals surface area contributed by atoms with Crippen molar-refractivity contribution in [2.24, 2.45) is 12.8 Å². The fourth-order valence-electron chi connectivity index (χ4n) is 1.76. The fraction of sp³-hybridized carbons (Fsp3) is 0.667. The van der Waals surface area contributed by atoms with E-state index in [0.29, 0.717) is 19.3 Å².